The molecule has 0 aromatic carbocycles. The van der Waals surface area contributed by atoms with Crippen molar-refractivity contribution in [2.24, 2.45) is 11.8 Å². The monoisotopic (exact) mass is 737 g/mol. The topological polar surface area (TPSA) is 78.9 Å². The summed E-state index contributed by atoms with van der Waals surface area (Å²) in [4.78, 5) is 37.7. The molecule has 6 nitrogen and oxygen atoms in total. The van der Waals surface area contributed by atoms with E-state index in [9.17, 15) is 14.4 Å². The highest BCUT2D eigenvalue weighted by atomic mass is 16.6. The Kier molecular flexibility index (Phi) is 37.9. The molecule has 0 heterocycles. The molecule has 0 aliphatic rings. The molecule has 0 fully saturated rings. The Hall–Kier alpha value is -1.59. The fraction of sp³-hybridized carbons (Fsp3) is 0.935. The van der Waals surface area contributed by atoms with Crippen LogP contribution in [0.2, 0.25) is 0 Å². The van der Waals surface area contributed by atoms with Gasteiger partial charge in [0, 0.05) is 19.3 Å². The highest BCUT2D eigenvalue weighted by Crippen LogP contribution is 2.17. The van der Waals surface area contributed by atoms with Crippen LogP contribution in [0.25, 0.3) is 0 Å². The Labute approximate surface area is 323 Å². The van der Waals surface area contributed by atoms with E-state index in [4.69, 9.17) is 14.2 Å². The van der Waals surface area contributed by atoms with Crippen LogP contribution in [0, 0.1) is 11.8 Å². The van der Waals surface area contributed by atoms with Crippen LogP contribution in [0.1, 0.15) is 247 Å². The predicted molar refractivity (Wildman–Crippen MR) is 220 cm³/mol. The Morgan fingerprint density at radius 1 is 0.404 bits per heavy atom. The first-order valence-electron chi connectivity index (χ1n) is 22.8. The van der Waals surface area contributed by atoms with E-state index in [-0.39, 0.29) is 31.1 Å². The fourth-order valence-electron chi connectivity index (χ4n) is 6.72. The molecule has 0 N–H and O–H groups in total. The number of hydrogen-bond donors (Lipinski definition) is 0. The smallest absolute Gasteiger partial charge is 0.306 e. The van der Waals surface area contributed by atoms with E-state index in [0.29, 0.717) is 19.3 Å². The van der Waals surface area contributed by atoms with Crippen molar-refractivity contribution in [2.45, 2.75) is 253 Å². The van der Waals surface area contributed by atoms with Gasteiger partial charge in [0.05, 0.1) is 0 Å². The Morgan fingerprint density at radius 3 is 1.10 bits per heavy atom. The summed E-state index contributed by atoms with van der Waals surface area (Å²) < 4.78 is 16.7. The molecule has 0 aliphatic heterocycles. The lowest BCUT2D eigenvalue weighted by atomic mass is 10.00. The lowest BCUT2D eigenvalue weighted by molar-refractivity contribution is -0.167. The summed E-state index contributed by atoms with van der Waals surface area (Å²) in [5.74, 6) is 0.759. The number of hydrogen-bond acceptors (Lipinski definition) is 6. The van der Waals surface area contributed by atoms with Gasteiger partial charge in [-0.15, -0.1) is 0 Å². The van der Waals surface area contributed by atoms with Crippen molar-refractivity contribution in [3.05, 3.63) is 0 Å². The van der Waals surface area contributed by atoms with Gasteiger partial charge in [-0.25, -0.2) is 0 Å². The highest BCUT2D eigenvalue weighted by molar-refractivity contribution is 5.71. The second-order valence-electron chi connectivity index (χ2n) is 16.4. The Balaban J connectivity index is 4.35. The van der Waals surface area contributed by atoms with Gasteiger partial charge in [-0.3, -0.25) is 14.4 Å². The number of unbranched alkanes of at least 4 members (excludes halogenated alkanes) is 24. The van der Waals surface area contributed by atoms with E-state index in [1.807, 2.05) is 0 Å². The number of carbonyl (C=O) groups is 3. The summed E-state index contributed by atoms with van der Waals surface area (Å²) in [6, 6.07) is 0. The van der Waals surface area contributed by atoms with Crippen molar-refractivity contribution in [3.63, 3.8) is 0 Å². The van der Waals surface area contributed by atoms with E-state index >= 15 is 0 Å². The van der Waals surface area contributed by atoms with Crippen molar-refractivity contribution in [3.8, 4) is 0 Å². The van der Waals surface area contributed by atoms with Crippen molar-refractivity contribution in [1.29, 1.82) is 0 Å². The van der Waals surface area contributed by atoms with Crippen molar-refractivity contribution < 1.29 is 28.6 Å². The van der Waals surface area contributed by atoms with Crippen LogP contribution in [-0.4, -0.2) is 37.2 Å². The minimum Gasteiger partial charge on any atom is -0.462 e. The van der Waals surface area contributed by atoms with Crippen LogP contribution in [-0.2, 0) is 28.6 Å². The number of carbonyl (C=O) groups excluding carboxylic acids is 3. The molecule has 0 saturated heterocycles. The Morgan fingerprint density at radius 2 is 0.731 bits per heavy atom. The van der Waals surface area contributed by atoms with Crippen molar-refractivity contribution in [2.75, 3.05) is 13.2 Å². The van der Waals surface area contributed by atoms with E-state index in [1.165, 1.54) is 135 Å². The van der Waals surface area contributed by atoms with E-state index < -0.39 is 6.10 Å². The molecule has 0 bridgehead atoms. The second kappa shape index (κ2) is 39.1. The van der Waals surface area contributed by atoms with E-state index in [0.717, 1.165) is 69.6 Å². The molecule has 0 saturated carbocycles. The molecule has 0 amide bonds. The maximum Gasteiger partial charge on any atom is 0.306 e. The summed E-state index contributed by atoms with van der Waals surface area (Å²) in [5, 5.41) is 0. The van der Waals surface area contributed by atoms with Crippen LogP contribution >= 0.6 is 0 Å². The quantitative estimate of drug-likeness (QED) is 0.0354. The number of rotatable bonds is 40. The average Bonchev–Trinajstić information content (AvgIpc) is 3.12. The summed E-state index contributed by atoms with van der Waals surface area (Å²) >= 11 is 0. The molecule has 6 heteroatoms. The van der Waals surface area contributed by atoms with Crippen LogP contribution in [0.5, 0.6) is 0 Å². The lowest BCUT2D eigenvalue weighted by Gasteiger charge is -2.18. The first-order chi connectivity index (χ1) is 25.3. The van der Waals surface area contributed by atoms with Gasteiger partial charge in [0.1, 0.15) is 13.2 Å². The maximum absolute atomic E-state index is 12.7. The van der Waals surface area contributed by atoms with Crippen molar-refractivity contribution in [1.82, 2.24) is 0 Å². The molecule has 2 atom stereocenters. The largest absolute Gasteiger partial charge is 0.462 e. The number of esters is 3. The number of ether oxygens (including phenoxy) is 3. The first kappa shape index (κ1) is 50.4. The standard InChI is InChI=1S/C46H88O6/c1-6-8-9-10-11-12-13-14-17-20-26-31-36-44(47)50-39-43(40-51-45(48)37-32-27-23-22-25-30-35-42(5)7-2)52-46(49)38-33-28-21-18-15-16-19-24-29-34-41(3)4/h41-43H,6-40H2,1-5H3/t42?,43-/m1/s1. The first-order valence-corrected chi connectivity index (χ1v) is 22.8. The molecule has 0 spiro atoms. The van der Waals surface area contributed by atoms with Gasteiger partial charge in [-0.1, -0.05) is 208 Å². The Bertz CT molecular complexity index is 796. The molecular formula is C46H88O6. The maximum atomic E-state index is 12.7. The zero-order valence-electron chi connectivity index (χ0n) is 35.4. The normalized spacial score (nSPS) is 12.6. The van der Waals surface area contributed by atoms with Crippen LogP contribution in [0.3, 0.4) is 0 Å². The lowest BCUT2D eigenvalue weighted by Crippen LogP contribution is -2.30. The van der Waals surface area contributed by atoms with Crippen LogP contribution in [0.4, 0.5) is 0 Å². The van der Waals surface area contributed by atoms with Gasteiger partial charge in [0.15, 0.2) is 6.10 Å². The SMILES string of the molecule is CCCCCCCCCCCCCCC(=O)OC[C@H](COC(=O)CCCCCCCCC(C)CC)OC(=O)CCCCCCCCCCCC(C)C. The van der Waals surface area contributed by atoms with Gasteiger partial charge in [0.2, 0.25) is 0 Å². The molecular weight excluding hydrogens is 648 g/mol. The molecule has 1 unspecified atom stereocenters. The minimum absolute atomic E-state index is 0.0655. The zero-order valence-corrected chi connectivity index (χ0v) is 35.4. The zero-order chi connectivity index (χ0) is 38.3. The minimum atomic E-state index is -0.761. The highest BCUT2D eigenvalue weighted by Gasteiger charge is 2.19. The summed E-state index contributed by atoms with van der Waals surface area (Å²) in [6.07, 6.45) is 36.6. The molecule has 308 valence electrons. The predicted octanol–water partition coefficient (Wildman–Crippen LogP) is 14.2. The van der Waals surface area contributed by atoms with Gasteiger partial charge < -0.3 is 14.2 Å². The van der Waals surface area contributed by atoms with Gasteiger partial charge in [-0.05, 0) is 31.1 Å². The summed E-state index contributed by atoms with van der Waals surface area (Å²) in [5.41, 5.74) is 0. The molecule has 0 aromatic rings. The molecule has 0 rings (SSSR count). The molecule has 0 radical (unpaired) electrons. The third kappa shape index (κ3) is 38.1. The van der Waals surface area contributed by atoms with Crippen molar-refractivity contribution >= 4 is 17.9 Å². The average molecular weight is 737 g/mol. The van der Waals surface area contributed by atoms with E-state index in [2.05, 4.69) is 34.6 Å². The fourth-order valence-corrected chi connectivity index (χ4v) is 6.72. The van der Waals surface area contributed by atoms with Crippen LogP contribution in [0.15, 0.2) is 0 Å². The van der Waals surface area contributed by atoms with Crippen LogP contribution < -0.4 is 0 Å². The molecule has 0 aliphatic carbocycles. The van der Waals surface area contributed by atoms with Gasteiger partial charge in [0.25, 0.3) is 0 Å². The second-order valence-corrected chi connectivity index (χ2v) is 16.4. The third-order valence-electron chi connectivity index (χ3n) is 10.6. The van der Waals surface area contributed by atoms with E-state index in [1.54, 1.807) is 0 Å². The van der Waals surface area contributed by atoms with Gasteiger partial charge >= 0.3 is 17.9 Å². The third-order valence-corrected chi connectivity index (χ3v) is 10.6. The summed E-state index contributed by atoms with van der Waals surface area (Å²) in [6.45, 7) is 11.3. The van der Waals surface area contributed by atoms with Gasteiger partial charge in [-0.2, -0.15) is 0 Å². The molecule has 52 heavy (non-hydrogen) atoms. The summed E-state index contributed by atoms with van der Waals surface area (Å²) in [7, 11) is 0. The molecule has 0 aromatic heterocycles.